The Kier molecular flexibility index (Phi) is 3.44. The van der Waals surface area contributed by atoms with Gasteiger partial charge in [0.25, 0.3) is 5.56 Å². The van der Waals surface area contributed by atoms with Gasteiger partial charge in [-0.25, -0.2) is 9.07 Å². The molecule has 0 amide bonds. The summed E-state index contributed by atoms with van der Waals surface area (Å²) in [6, 6.07) is 6.45. The fraction of sp³-hybridized carbons (Fsp3) is 0.389. The highest BCUT2D eigenvalue weighted by Crippen LogP contribution is 2.53. The van der Waals surface area contributed by atoms with Gasteiger partial charge in [-0.1, -0.05) is 18.2 Å². The Morgan fingerprint density at radius 3 is 2.77 bits per heavy atom. The van der Waals surface area contributed by atoms with Crippen molar-refractivity contribution in [2.45, 2.75) is 19.2 Å². The van der Waals surface area contributed by atoms with Crippen LogP contribution in [0.4, 0.5) is 4.39 Å². The number of hydrogen-bond donors (Lipinski definition) is 1. The van der Waals surface area contributed by atoms with Crippen LogP contribution in [0.15, 0.2) is 35.3 Å². The average molecular weight is 356 g/mol. The molecule has 2 fully saturated rings. The molecule has 1 aliphatic carbocycles. The fourth-order valence-electron chi connectivity index (χ4n) is 3.96. The zero-order chi connectivity index (χ0) is 17.8. The Hall–Kier alpha value is -2.58. The molecule has 3 aromatic rings. The number of nitrogens with zero attached hydrogens (tertiary/aromatic N) is 4. The summed E-state index contributed by atoms with van der Waals surface area (Å²) in [5, 5.41) is 18.9. The topological polar surface area (TPSA) is 82.2 Å². The molecule has 0 bridgehead atoms. The number of aliphatic hydroxyl groups is 1. The zero-order valence-corrected chi connectivity index (χ0v) is 13.9. The second kappa shape index (κ2) is 5.72. The first kappa shape index (κ1) is 15.7. The number of hydrogen-bond acceptors (Lipinski definition) is 5. The Bertz CT molecular complexity index is 1050. The van der Waals surface area contributed by atoms with Crippen molar-refractivity contribution in [2.75, 3.05) is 13.2 Å². The summed E-state index contributed by atoms with van der Waals surface area (Å²) in [5.74, 6) is 0.336. The molecule has 1 saturated carbocycles. The average Bonchev–Trinajstić information content (AvgIpc) is 2.98. The van der Waals surface area contributed by atoms with Gasteiger partial charge >= 0.3 is 0 Å². The Labute approximate surface area is 147 Å². The van der Waals surface area contributed by atoms with Crippen LogP contribution in [-0.2, 0) is 17.9 Å². The fourth-order valence-corrected chi connectivity index (χ4v) is 3.96. The van der Waals surface area contributed by atoms with Gasteiger partial charge in [-0.15, -0.1) is 0 Å². The normalized spacial score (nSPS) is 24.2. The molecule has 1 unspecified atom stereocenters. The molecule has 0 radical (unpaired) electrons. The number of aliphatic hydroxyl groups excluding tert-OH is 1. The number of ether oxygens (including phenoxy) is 1. The molecule has 5 rings (SSSR count). The van der Waals surface area contributed by atoms with Gasteiger partial charge in [0.05, 0.1) is 49.7 Å². The van der Waals surface area contributed by atoms with Crippen LogP contribution in [0.25, 0.3) is 10.9 Å². The van der Waals surface area contributed by atoms with E-state index in [2.05, 4.69) is 10.2 Å². The van der Waals surface area contributed by atoms with Gasteiger partial charge in [0, 0.05) is 17.4 Å². The molecule has 0 spiro atoms. The van der Waals surface area contributed by atoms with Gasteiger partial charge in [0.15, 0.2) is 5.52 Å². The first-order valence-electron chi connectivity index (χ1n) is 8.58. The SMILES string of the molecule is O=c1c2nn(Cc3ccccc3F)c(CO)c2cnn1C1[C@H]2COC[C@@H]12. The number of halogens is 1. The summed E-state index contributed by atoms with van der Waals surface area (Å²) in [7, 11) is 0. The third-order valence-electron chi connectivity index (χ3n) is 5.44. The van der Waals surface area contributed by atoms with E-state index >= 15 is 0 Å². The highest BCUT2D eigenvalue weighted by molar-refractivity contribution is 5.79. The third-order valence-corrected chi connectivity index (χ3v) is 5.44. The second-order valence-electron chi connectivity index (χ2n) is 6.87. The van der Waals surface area contributed by atoms with Crippen molar-refractivity contribution in [3.63, 3.8) is 0 Å². The molecule has 1 saturated heterocycles. The molecule has 8 heteroatoms. The molecule has 3 heterocycles. The van der Waals surface area contributed by atoms with Crippen LogP contribution in [0.5, 0.6) is 0 Å². The maximum Gasteiger partial charge on any atom is 0.295 e. The van der Waals surface area contributed by atoms with Gasteiger partial charge in [-0.05, 0) is 6.07 Å². The molecule has 2 aliphatic rings. The molecule has 2 aromatic heterocycles. The number of rotatable bonds is 4. The van der Waals surface area contributed by atoms with Crippen molar-refractivity contribution in [3.8, 4) is 0 Å². The van der Waals surface area contributed by atoms with E-state index in [1.165, 1.54) is 15.4 Å². The van der Waals surface area contributed by atoms with Crippen LogP contribution >= 0.6 is 0 Å². The second-order valence-corrected chi connectivity index (χ2v) is 6.87. The number of benzene rings is 1. The minimum Gasteiger partial charge on any atom is -0.390 e. The largest absolute Gasteiger partial charge is 0.390 e. The smallest absolute Gasteiger partial charge is 0.295 e. The Balaban J connectivity index is 1.58. The lowest BCUT2D eigenvalue weighted by Crippen LogP contribution is -2.24. The van der Waals surface area contributed by atoms with Gasteiger partial charge in [-0.2, -0.15) is 10.2 Å². The Morgan fingerprint density at radius 2 is 2.04 bits per heavy atom. The first-order valence-corrected chi connectivity index (χ1v) is 8.58. The van der Waals surface area contributed by atoms with Gasteiger partial charge in [0.2, 0.25) is 0 Å². The van der Waals surface area contributed by atoms with Crippen LogP contribution in [0.3, 0.4) is 0 Å². The lowest BCUT2D eigenvalue weighted by atomic mass is 10.2. The molecule has 7 nitrogen and oxygen atoms in total. The van der Waals surface area contributed by atoms with Crippen molar-refractivity contribution in [1.82, 2.24) is 19.6 Å². The van der Waals surface area contributed by atoms with Crippen LogP contribution in [0.2, 0.25) is 0 Å². The van der Waals surface area contributed by atoms with E-state index in [4.69, 9.17) is 4.74 Å². The van der Waals surface area contributed by atoms with Crippen molar-refractivity contribution >= 4 is 10.9 Å². The third kappa shape index (κ3) is 2.22. The van der Waals surface area contributed by atoms with Gasteiger partial charge < -0.3 is 9.84 Å². The molecular formula is C18H17FN4O3. The summed E-state index contributed by atoms with van der Waals surface area (Å²) in [5.41, 5.74) is 0.881. The van der Waals surface area contributed by atoms with E-state index in [1.807, 2.05) is 0 Å². The summed E-state index contributed by atoms with van der Waals surface area (Å²) >= 11 is 0. The molecule has 1 aliphatic heterocycles. The molecule has 134 valence electrons. The summed E-state index contributed by atoms with van der Waals surface area (Å²) < 4.78 is 22.3. The van der Waals surface area contributed by atoms with E-state index in [0.29, 0.717) is 41.7 Å². The van der Waals surface area contributed by atoms with Crippen molar-refractivity contribution in [1.29, 1.82) is 0 Å². The number of fused-ring (bicyclic) bond motifs is 2. The van der Waals surface area contributed by atoms with Gasteiger partial charge in [-0.3, -0.25) is 9.48 Å². The van der Waals surface area contributed by atoms with Crippen molar-refractivity contribution < 1.29 is 14.2 Å². The predicted molar refractivity (Wildman–Crippen MR) is 90.0 cm³/mol. The standard InChI is InChI=1S/C18H17FN4O3/c19-14-4-2-1-3-10(14)6-22-15(7-24)11-5-20-23(18(25)16(11)21-22)17-12-8-26-9-13(12)17/h1-5,12-13,17,24H,6-9H2/t12-,13+,17?. The van der Waals surface area contributed by atoms with Crippen molar-refractivity contribution in [2.24, 2.45) is 11.8 Å². The molecular weight excluding hydrogens is 339 g/mol. The van der Waals surface area contributed by atoms with Crippen LogP contribution in [0, 0.1) is 17.7 Å². The monoisotopic (exact) mass is 356 g/mol. The van der Waals surface area contributed by atoms with E-state index < -0.39 is 0 Å². The lowest BCUT2D eigenvalue weighted by molar-refractivity contribution is 0.149. The van der Waals surface area contributed by atoms with E-state index in [9.17, 15) is 14.3 Å². The lowest BCUT2D eigenvalue weighted by Gasteiger charge is -2.07. The van der Waals surface area contributed by atoms with E-state index in [0.717, 1.165) is 0 Å². The number of aromatic nitrogens is 4. The highest BCUT2D eigenvalue weighted by atomic mass is 19.1. The van der Waals surface area contributed by atoms with E-state index in [1.54, 1.807) is 24.4 Å². The molecule has 26 heavy (non-hydrogen) atoms. The summed E-state index contributed by atoms with van der Waals surface area (Å²) in [6.07, 6.45) is 1.57. The maximum atomic E-state index is 14.0. The Morgan fingerprint density at radius 1 is 1.27 bits per heavy atom. The quantitative estimate of drug-likeness (QED) is 0.757. The summed E-state index contributed by atoms with van der Waals surface area (Å²) in [6.45, 7) is 1.15. The maximum absolute atomic E-state index is 14.0. The summed E-state index contributed by atoms with van der Waals surface area (Å²) in [4.78, 5) is 12.9. The highest BCUT2D eigenvalue weighted by Gasteiger charge is 2.56. The first-order chi connectivity index (χ1) is 12.7. The molecule has 1 aromatic carbocycles. The zero-order valence-electron chi connectivity index (χ0n) is 13.9. The van der Waals surface area contributed by atoms with Crippen LogP contribution in [-0.4, -0.2) is 37.9 Å². The molecule has 1 N–H and O–H groups in total. The molecule has 3 atom stereocenters. The predicted octanol–water partition coefficient (Wildman–Crippen LogP) is 1.09. The minimum atomic E-state index is -0.350. The van der Waals surface area contributed by atoms with E-state index in [-0.39, 0.29) is 36.1 Å². The van der Waals surface area contributed by atoms with Crippen molar-refractivity contribution in [3.05, 3.63) is 57.9 Å². The minimum absolute atomic E-state index is 0.0648. The van der Waals surface area contributed by atoms with Gasteiger partial charge in [0.1, 0.15) is 5.82 Å². The van der Waals surface area contributed by atoms with Crippen LogP contribution < -0.4 is 5.56 Å². The van der Waals surface area contributed by atoms with Crippen LogP contribution in [0.1, 0.15) is 17.3 Å².